The Morgan fingerprint density at radius 3 is 2.91 bits per heavy atom. The second kappa shape index (κ2) is 6.83. The Kier molecular flexibility index (Phi) is 4.60. The van der Waals surface area contributed by atoms with Gasteiger partial charge in [0.25, 0.3) is 0 Å². The van der Waals surface area contributed by atoms with Crippen LogP contribution in [0, 0.1) is 0 Å². The maximum Gasteiger partial charge on any atom is 0.191 e. The summed E-state index contributed by atoms with van der Waals surface area (Å²) in [6, 6.07) is 8.00. The van der Waals surface area contributed by atoms with E-state index in [9.17, 15) is 0 Å². The fraction of sp³-hybridized carbons (Fsp3) is 0.529. The van der Waals surface area contributed by atoms with Gasteiger partial charge in [-0.3, -0.25) is 0 Å². The lowest BCUT2D eigenvalue weighted by Gasteiger charge is -2.14. The second-order valence-corrected chi connectivity index (χ2v) is 7.66. The first kappa shape index (κ1) is 15.5. The lowest BCUT2D eigenvalue weighted by Crippen LogP contribution is -2.17. The number of nitrogens with zero attached hydrogens (tertiary/aromatic N) is 3. The largest absolute Gasteiger partial charge is 0.376 e. The minimum atomic E-state index is 0.314. The zero-order chi connectivity index (χ0) is 15.6. The first-order chi connectivity index (χ1) is 11.3. The van der Waals surface area contributed by atoms with Crippen molar-refractivity contribution in [1.82, 2.24) is 14.8 Å². The smallest absolute Gasteiger partial charge is 0.191 e. The number of ether oxygens (including phenoxy) is 1. The van der Waals surface area contributed by atoms with E-state index < -0.39 is 0 Å². The van der Waals surface area contributed by atoms with Crippen LogP contribution in [0.4, 0.5) is 0 Å². The standard InChI is InChI=1S/C17H20ClN3OS/c18-14-4-1-3-12(9-14)11-23-17-20-19-16(13-6-7-13)21(17)10-15-5-2-8-22-15/h1,3-4,9,13,15H,2,5-8,10-11H2. The van der Waals surface area contributed by atoms with E-state index in [1.54, 1.807) is 11.8 Å². The normalized spacial score (nSPS) is 21.0. The van der Waals surface area contributed by atoms with Crippen molar-refractivity contribution in [2.45, 2.75) is 55.2 Å². The molecule has 1 aliphatic carbocycles. The van der Waals surface area contributed by atoms with Gasteiger partial charge >= 0.3 is 0 Å². The first-order valence-electron chi connectivity index (χ1n) is 8.21. The van der Waals surface area contributed by atoms with E-state index in [1.807, 2.05) is 18.2 Å². The Labute approximate surface area is 145 Å². The molecule has 4 nitrogen and oxygen atoms in total. The summed E-state index contributed by atoms with van der Waals surface area (Å²) in [5.41, 5.74) is 1.21. The summed E-state index contributed by atoms with van der Waals surface area (Å²) in [7, 11) is 0. The summed E-state index contributed by atoms with van der Waals surface area (Å²) in [4.78, 5) is 0. The van der Waals surface area contributed by atoms with E-state index in [0.717, 1.165) is 47.7 Å². The Bertz CT molecular complexity index is 680. The van der Waals surface area contributed by atoms with E-state index in [1.165, 1.54) is 18.4 Å². The molecule has 1 aromatic carbocycles. The highest BCUT2D eigenvalue weighted by Gasteiger charge is 2.31. The predicted octanol–water partition coefficient (Wildman–Crippen LogP) is 4.28. The van der Waals surface area contributed by atoms with Gasteiger partial charge in [0, 0.05) is 23.3 Å². The van der Waals surface area contributed by atoms with Gasteiger partial charge in [-0.1, -0.05) is 35.5 Å². The van der Waals surface area contributed by atoms with E-state index >= 15 is 0 Å². The molecule has 2 aliphatic rings. The van der Waals surface area contributed by atoms with E-state index in [2.05, 4.69) is 20.8 Å². The molecule has 122 valence electrons. The highest BCUT2D eigenvalue weighted by Crippen LogP contribution is 2.40. The van der Waals surface area contributed by atoms with Gasteiger partial charge < -0.3 is 9.30 Å². The lowest BCUT2D eigenvalue weighted by atomic mass is 10.2. The summed E-state index contributed by atoms with van der Waals surface area (Å²) in [5, 5.41) is 10.7. The third-order valence-corrected chi connectivity index (χ3v) is 5.63. The zero-order valence-electron chi connectivity index (χ0n) is 12.9. The Morgan fingerprint density at radius 2 is 2.17 bits per heavy atom. The number of hydrogen-bond donors (Lipinski definition) is 0. The summed E-state index contributed by atoms with van der Waals surface area (Å²) >= 11 is 7.80. The van der Waals surface area contributed by atoms with Crippen molar-refractivity contribution in [1.29, 1.82) is 0 Å². The Hall–Kier alpha value is -1.04. The molecule has 0 amide bonds. The average Bonchev–Trinajstić information content (AvgIpc) is 3.11. The Balaban J connectivity index is 1.50. The van der Waals surface area contributed by atoms with Crippen LogP contribution in [0.2, 0.25) is 5.02 Å². The minimum absolute atomic E-state index is 0.314. The molecule has 2 heterocycles. The third kappa shape index (κ3) is 3.73. The SMILES string of the molecule is Clc1cccc(CSc2nnc(C3CC3)n2CC2CCCO2)c1. The molecule has 1 aromatic heterocycles. The molecular formula is C17H20ClN3OS. The summed E-state index contributed by atoms with van der Waals surface area (Å²) < 4.78 is 8.11. The van der Waals surface area contributed by atoms with Gasteiger partial charge in [0.2, 0.25) is 0 Å². The molecule has 0 radical (unpaired) electrons. The van der Waals surface area contributed by atoms with Gasteiger partial charge in [-0.05, 0) is 43.4 Å². The number of benzene rings is 1. The van der Waals surface area contributed by atoms with Gasteiger partial charge in [0.15, 0.2) is 5.16 Å². The molecule has 1 atom stereocenters. The van der Waals surface area contributed by atoms with E-state index in [4.69, 9.17) is 16.3 Å². The quantitative estimate of drug-likeness (QED) is 0.730. The van der Waals surface area contributed by atoms with Gasteiger partial charge in [0.05, 0.1) is 12.6 Å². The average molecular weight is 350 g/mol. The van der Waals surface area contributed by atoms with Crippen LogP contribution in [-0.4, -0.2) is 27.5 Å². The van der Waals surface area contributed by atoms with Crippen LogP contribution in [0.3, 0.4) is 0 Å². The van der Waals surface area contributed by atoms with Crippen LogP contribution in [0.1, 0.15) is 43.0 Å². The van der Waals surface area contributed by atoms with Gasteiger partial charge in [-0.25, -0.2) is 0 Å². The molecule has 6 heteroatoms. The van der Waals surface area contributed by atoms with Crippen LogP contribution >= 0.6 is 23.4 Å². The van der Waals surface area contributed by atoms with Crippen LogP contribution in [0.15, 0.2) is 29.4 Å². The zero-order valence-corrected chi connectivity index (χ0v) is 14.5. The van der Waals surface area contributed by atoms with Crippen molar-refractivity contribution in [2.75, 3.05) is 6.61 Å². The van der Waals surface area contributed by atoms with Crippen molar-refractivity contribution in [2.24, 2.45) is 0 Å². The monoisotopic (exact) mass is 349 g/mol. The van der Waals surface area contributed by atoms with Crippen LogP contribution in [0.25, 0.3) is 0 Å². The lowest BCUT2D eigenvalue weighted by molar-refractivity contribution is 0.0942. The first-order valence-corrected chi connectivity index (χ1v) is 9.58. The van der Waals surface area contributed by atoms with E-state index in [-0.39, 0.29) is 0 Å². The number of rotatable bonds is 6. The maximum absolute atomic E-state index is 6.07. The minimum Gasteiger partial charge on any atom is -0.376 e. The third-order valence-electron chi connectivity index (χ3n) is 4.36. The summed E-state index contributed by atoms with van der Waals surface area (Å²) in [5.74, 6) is 2.60. The van der Waals surface area contributed by atoms with Gasteiger partial charge in [-0.15, -0.1) is 10.2 Å². The molecule has 4 rings (SSSR count). The molecular weight excluding hydrogens is 330 g/mol. The molecule has 0 bridgehead atoms. The maximum atomic E-state index is 6.07. The fourth-order valence-electron chi connectivity index (χ4n) is 2.99. The van der Waals surface area contributed by atoms with Crippen molar-refractivity contribution >= 4 is 23.4 Å². The number of hydrogen-bond acceptors (Lipinski definition) is 4. The highest BCUT2D eigenvalue weighted by atomic mass is 35.5. The van der Waals surface area contributed by atoms with Gasteiger partial charge in [0.1, 0.15) is 5.82 Å². The number of aromatic nitrogens is 3. The molecule has 0 N–H and O–H groups in total. The van der Waals surface area contributed by atoms with Gasteiger partial charge in [-0.2, -0.15) is 0 Å². The molecule has 1 unspecified atom stereocenters. The van der Waals surface area contributed by atoms with Crippen LogP contribution in [-0.2, 0) is 17.0 Å². The fourth-order valence-corrected chi connectivity index (χ4v) is 4.10. The molecule has 1 saturated heterocycles. The number of thioether (sulfide) groups is 1. The van der Waals surface area contributed by atoms with E-state index in [0.29, 0.717) is 12.0 Å². The van der Waals surface area contributed by atoms with Crippen molar-refractivity contribution in [3.8, 4) is 0 Å². The summed E-state index contributed by atoms with van der Waals surface area (Å²) in [6.45, 7) is 1.77. The molecule has 0 spiro atoms. The topological polar surface area (TPSA) is 39.9 Å². The van der Waals surface area contributed by atoms with Crippen molar-refractivity contribution in [3.63, 3.8) is 0 Å². The van der Waals surface area contributed by atoms with Crippen molar-refractivity contribution in [3.05, 3.63) is 40.7 Å². The van der Waals surface area contributed by atoms with Crippen LogP contribution < -0.4 is 0 Å². The molecule has 23 heavy (non-hydrogen) atoms. The van der Waals surface area contributed by atoms with Crippen LogP contribution in [0.5, 0.6) is 0 Å². The second-order valence-electron chi connectivity index (χ2n) is 6.28. The van der Waals surface area contributed by atoms with Crippen molar-refractivity contribution < 1.29 is 4.74 Å². The Morgan fingerprint density at radius 1 is 1.26 bits per heavy atom. The molecule has 2 aromatic rings. The predicted molar refractivity (Wildman–Crippen MR) is 92.0 cm³/mol. The highest BCUT2D eigenvalue weighted by molar-refractivity contribution is 7.98. The molecule has 1 saturated carbocycles. The summed E-state index contributed by atoms with van der Waals surface area (Å²) in [6.07, 6.45) is 5.09. The number of halogens is 1. The molecule has 1 aliphatic heterocycles. The molecule has 2 fully saturated rings.